The minimum Gasteiger partial charge on any atom is -0.325 e. The van der Waals surface area contributed by atoms with Crippen molar-refractivity contribution >= 4 is 15.9 Å². The molecule has 0 saturated heterocycles. The fourth-order valence-electron chi connectivity index (χ4n) is 3.57. The molecule has 1 heterocycles. The quantitative estimate of drug-likeness (QED) is 0.917. The molecule has 0 spiro atoms. The summed E-state index contributed by atoms with van der Waals surface area (Å²) >= 11 is 3.68. The molecule has 3 nitrogen and oxygen atoms in total. The lowest BCUT2D eigenvalue weighted by Crippen LogP contribution is -2.49. The Balaban J connectivity index is 2.25. The van der Waals surface area contributed by atoms with Crippen LogP contribution in [0.15, 0.2) is 4.47 Å². The normalized spacial score (nSPS) is 26.6. The molecule has 1 aliphatic carbocycles. The average Bonchev–Trinajstić information content (AvgIpc) is 2.54. The van der Waals surface area contributed by atoms with Crippen molar-refractivity contribution < 1.29 is 0 Å². The van der Waals surface area contributed by atoms with Crippen molar-refractivity contribution in [1.29, 1.82) is 0 Å². The molecule has 1 atom stereocenters. The van der Waals surface area contributed by atoms with E-state index in [1.54, 1.807) is 0 Å². The average molecular weight is 328 g/mol. The molecule has 2 N–H and O–H groups in total. The van der Waals surface area contributed by atoms with E-state index in [0.29, 0.717) is 5.41 Å². The molecular formula is C15H26BrN3. The molecule has 0 radical (unpaired) electrons. The van der Waals surface area contributed by atoms with Crippen LogP contribution in [-0.2, 0) is 13.0 Å². The maximum atomic E-state index is 6.71. The van der Waals surface area contributed by atoms with Crippen molar-refractivity contribution in [2.45, 2.75) is 71.9 Å². The van der Waals surface area contributed by atoms with Gasteiger partial charge in [-0.25, -0.2) is 0 Å². The molecule has 0 aromatic carbocycles. The lowest BCUT2D eigenvalue weighted by Gasteiger charge is -2.42. The Morgan fingerprint density at radius 3 is 2.63 bits per heavy atom. The first kappa shape index (κ1) is 15.0. The van der Waals surface area contributed by atoms with E-state index < -0.39 is 0 Å². The van der Waals surface area contributed by atoms with E-state index in [4.69, 9.17) is 5.73 Å². The number of nitrogens with zero attached hydrogens (tertiary/aromatic N) is 2. The number of aromatic nitrogens is 2. The second-order valence-electron chi connectivity index (χ2n) is 6.90. The van der Waals surface area contributed by atoms with Crippen molar-refractivity contribution in [2.75, 3.05) is 0 Å². The molecule has 2 rings (SSSR count). The minimum absolute atomic E-state index is 0.0797. The fraction of sp³-hybridized carbons (Fsp3) is 0.800. The van der Waals surface area contributed by atoms with Gasteiger partial charge in [0.1, 0.15) is 0 Å². The van der Waals surface area contributed by atoms with Crippen molar-refractivity contribution in [2.24, 2.45) is 11.1 Å². The summed E-state index contributed by atoms with van der Waals surface area (Å²) in [5, 5.41) is 4.58. The Bertz CT molecular complexity index is 464. The number of halogens is 1. The molecule has 1 aromatic heterocycles. The number of nitrogens with two attached hydrogens (primary N) is 1. The number of hydrogen-bond donors (Lipinski definition) is 1. The Labute approximate surface area is 125 Å². The standard InChI is InChI=1S/C15H26BrN3/c1-5-19-12(13(16)11(2)18-19)9-15(17)8-6-7-14(3,4)10-15/h5-10,17H2,1-4H3. The van der Waals surface area contributed by atoms with Gasteiger partial charge in [0.25, 0.3) is 0 Å². The fourth-order valence-corrected chi connectivity index (χ4v) is 4.00. The zero-order chi connectivity index (χ0) is 14.3. The van der Waals surface area contributed by atoms with Crippen LogP contribution in [0.1, 0.15) is 57.8 Å². The molecule has 1 fully saturated rings. The van der Waals surface area contributed by atoms with E-state index >= 15 is 0 Å². The summed E-state index contributed by atoms with van der Waals surface area (Å²) in [6.07, 6.45) is 5.67. The van der Waals surface area contributed by atoms with Crippen LogP contribution in [0.25, 0.3) is 0 Å². The maximum Gasteiger partial charge on any atom is 0.0738 e. The van der Waals surface area contributed by atoms with Crippen molar-refractivity contribution in [1.82, 2.24) is 9.78 Å². The smallest absolute Gasteiger partial charge is 0.0738 e. The van der Waals surface area contributed by atoms with Gasteiger partial charge in [-0.1, -0.05) is 20.3 Å². The molecule has 4 heteroatoms. The number of aryl methyl sites for hydroxylation is 2. The van der Waals surface area contributed by atoms with Crippen LogP contribution in [0, 0.1) is 12.3 Å². The molecule has 108 valence electrons. The van der Waals surface area contributed by atoms with Gasteiger partial charge in [-0.15, -0.1) is 0 Å². The molecule has 1 aromatic rings. The topological polar surface area (TPSA) is 43.8 Å². The Kier molecular flexibility index (Phi) is 4.12. The lowest BCUT2D eigenvalue weighted by atomic mass is 9.67. The van der Waals surface area contributed by atoms with Crippen LogP contribution < -0.4 is 5.73 Å². The van der Waals surface area contributed by atoms with Crippen LogP contribution in [-0.4, -0.2) is 15.3 Å². The predicted octanol–water partition coefficient (Wildman–Crippen LogP) is 3.81. The van der Waals surface area contributed by atoms with E-state index in [9.17, 15) is 0 Å². The van der Waals surface area contributed by atoms with Crippen LogP contribution in [0.5, 0.6) is 0 Å². The molecule has 1 unspecified atom stereocenters. The molecule has 1 aliphatic rings. The van der Waals surface area contributed by atoms with Gasteiger partial charge in [-0.3, -0.25) is 4.68 Å². The molecule has 0 aliphatic heterocycles. The van der Waals surface area contributed by atoms with Gasteiger partial charge in [0.05, 0.1) is 15.9 Å². The van der Waals surface area contributed by atoms with Crippen LogP contribution >= 0.6 is 15.9 Å². The van der Waals surface area contributed by atoms with Gasteiger partial charge in [0.15, 0.2) is 0 Å². The van der Waals surface area contributed by atoms with E-state index in [1.807, 2.05) is 6.92 Å². The Hall–Kier alpha value is -0.350. The Morgan fingerprint density at radius 1 is 1.37 bits per heavy atom. The first-order valence-electron chi connectivity index (χ1n) is 7.27. The molecule has 0 bridgehead atoms. The van der Waals surface area contributed by atoms with Gasteiger partial charge in [-0.05, 0) is 54.5 Å². The predicted molar refractivity (Wildman–Crippen MR) is 83.2 cm³/mol. The van der Waals surface area contributed by atoms with Crippen LogP contribution in [0.3, 0.4) is 0 Å². The van der Waals surface area contributed by atoms with Gasteiger partial charge in [0, 0.05) is 18.5 Å². The largest absolute Gasteiger partial charge is 0.325 e. The summed E-state index contributed by atoms with van der Waals surface area (Å²) in [6, 6.07) is 0. The molecule has 0 amide bonds. The SMILES string of the molecule is CCn1nc(C)c(Br)c1CC1(N)CCCC(C)(C)C1. The van der Waals surface area contributed by atoms with E-state index in [1.165, 1.54) is 18.5 Å². The second-order valence-corrected chi connectivity index (χ2v) is 7.69. The van der Waals surface area contributed by atoms with Crippen LogP contribution in [0.4, 0.5) is 0 Å². The van der Waals surface area contributed by atoms with E-state index in [-0.39, 0.29) is 5.54 Å². The van der Waals surface area contributed by atoms with Crippen molar-refractivity contribution in [3.63, 3.8) is 0 Å². The highest BCUT2D eigenvalue weighted by Crippen LogP contribution is 2.41. The summed E-state index contributed by atoms with van der Waals surface area (Å²) < 4.78 is 3.23. The van der Waals surface area contributed by atoms with Gasteiger partial charge >= 0.3 is 0 Å². The van der Waals surface area contributed by atoms with Gasteiger partial charge in [-0.2, -0.15) is 5.10 Å². The minimum atomic E-state index is -0.0797. The monoisotopic (exact) mass is 327 g/mol. The Morgan fingerprint density at radius 2 is 2.05 bits per heavy atom. The van der Waals surface area contributed by atoms with Gasteiger partial charge < -0.3 is 5.73 Å². The number of rotatable bonds is 3. The third kappa shape index (κ3) is 3.22. The number of hydrogen-bond acceptors (Lipinski definition) is 2. The highest BCUT2D eigenvalue weighted by atomic mass is 79.9. The summed E-state index contributed by atoms with van der Waals surface area (Å²) in [5.41, 5.74) is 9.32. The second kappa shape index (κ2) is 5.21. The third-order valence-corrected chi connectivity index (χ3v) is 5.36. The molecular weight excluding hydrogens is 302 g/mol. The molecule has 1 saturated carbocycles. The van der Waals surface area contributed by atoms with E-state index in [0.717, 1.165) is 36.0 Å². The lowest BCUT2D eigenvalue weighted by molar-refractivity contribution is 0.149. The summed E-state index contributed by atoms with van der Waals surface area (Å²) in [5.74, 6) is 0. The summed E-state index contributed by atoms with van der Waals surface area (Å²) in [7, 11) is 0. The molecule has 19 heavy (non-hydrogen) atoms. The first-order chi connectivity index (χ1) is 8.76. The van der Waals surface area contributed by atoms with Gasteiger partial charge in [0.2, 0.25) is 0 Å². The maximum absolute atomic E-state index is 6.71. The third-order valence-electron chi connectivity index (χ3n) is 4.33. The highest BCUT2D eigenvalue weighted by Gasteiger charge is 2.38. The van der Waals surface area contributed by atoms with Crippen LogP contribution in [0.2, 0.25) is 0 Å². The van der Waals surface area contributed by atoms with E-state index in [2.05, 4.69) is 46.5 Å². The van der Waals surface area contributed by atoms with Crippen molar-refractivity contribution in [3.8, 4) is 0 Å². The van der Waals surface area contributed by atoms with Crippen molar-refractivity contribution in [3.05, 3.63) is 15.9 Å². The highest BCUT2D eigenvalue weighted by molar-refractivity contribution is 9.10. The summed E-state index contributed by atoms with van der Waals surface area (Å²) in [6.45, 7) is 9.77. The zero-order valence-electron chi connectivity index (χ0n) is 12.6. The summed E-state index contributed by atoms with van der Waals surface area (Å²) in [4.78, 5) is 0. The zero-order valence-corrected chi connectivity index (χ0v) is 14.2. The first-order valence-corrected chi connectivity index (χ1v) is 8.06.